The van der Waals surface area contributed by atoms with Gasteiger partial charge < -0.3 is 4.52 Å². The molecule has 1 aromatic carbocycles. The summed E-state index contributed by atoms with van der Waals surface area (Å²) in [6.07, 6.45) is 0.806. The molecule has 2 rings (SSSR count). The molecule has 0 saturated heterocycles. The summed E-state index contributed by atoms with van der Waals surface area (Å²) in [4.78, 5) is 14.9. The van der Waals surface area contributed by atoms with E-state index in [-0.39, 0.29) is 5.41 Å². The summed E-state index contributed by atoms with van der Waals surface area (Å²) in [7, 11) is 0. The molecule has 0 aliphatic heterocycles. The molecule has 0 fully saturated rings. The number of benzene rings is 1. The largest absolute Gasteiger partial charge is 0.338 e. The quantitative estimate of drug-likeness (QED) is 0.744. The molecule has 1 heterocycles. The second kappa shape index (κ2) is 4.13. The van der Waals surface area contributed by atoms with Crippen LogP contribution in [0.15, 0.2) is 28.8 Å². The smallest absolute Gasteiger partial charge is 0.232 e. The third kappa shape index (κ3) is 2.41. The molecule has 0 aliphatic carbocycles. The number of carbonyl (C=O) groups is 1. The fourth-order valence-corrected chi connectivity index (χ4v) is 1.36. The Kier molecular flexibility index (Phi) is 2.79. The van der Waals surface area contributed by atoms with Crippen LogP contribution in [-0.2, 0) is 5.41 Å². The van der Waals surface area contributed by atoms with Crippen molar-refractivity contribution in [3.63, 3.8) is 0 Å². The van der Waals surface area contributed by atoms with E-state index in [2.05, 4.69) is 10.1 Å². The first-order valence-corrected chi connectivity index (χ1v) is 5.40. The lowest BCUT2D eigenvalue weighted by Crippen LogP contribution is -2.11. The van der Waals surface area contributed by atoms with Gasteiger partial charge in [0.05, 0.1) is 0 Å². The maximum Gasteiger partial charge on any atom is 0.232 e. The van der Waals surface area contributed by atoms with Gasteiger partial charge in [0.25, 0.3) is 0 Å². The van der Waals surface area contributed by atoms with Crippen molar-refractivity contribution >= 4 is 6.29 Å². The highest BCUT2D eigenvalue weighted by Gasteiger charge is 2.22. The first-order chi connectivity index (χ1) is 8.00. The van der Waals surface area contributed by atoms with Gasteiger partial charge in [0.2, 0.25) is 11.7 Å². The minimum absolute atomic E-state index is 0.159. The SMILES string of the molecule is CC(C)(C)c1nc(-c2ccc(C=O)cc2)no1. The van der Waals surface area contributed by atoms with Gasteiger partial charge in [-0.15, -0.1) is 0 Å². The first-order valence-electron chi connectivity index (χ1n) is 5.40. The molecular formula is C13H14N2O2. The Bertz CT molecular complexity index is 521. The Morgan fingerprint density at radius 2 is 1.82 bits per heavy atom. The lowest BCUT2D eigenvalue weighted by molar-refractivity contribution is 0.112. The second-order valence-corrected chi connectivity index (χ2v) is 4.91. The maximum absolute atomic E-state index is 10.5. The van der Waals surface area contributed by atoms with Gasteiger partial charge in [0.15, 0.2) is 0 Å². The molecule has 0 amide bonds. The average molecular weight is 230 g/mol. The third-order valence-corrected chi connectivity index (χ3v) is 2.37. The molecule has 2 aromatic rings. The van der Waals surface area contributed by atoms with E-state index in [9.17, 15) is 4.79 Å². The van der Waals surface area contributed by atoms with E-state index in [0.717, 1.165) is 11.8 Å². The van der Waals surface area contributed by atoms with Crippen LogP contribution in [0.25, 0.3) is 11.4 Å². The van der Waals surface area contributed by atoms with Gasteiger partial charge in [0.1, 0.15) is 6.29 Å². The van der Waals surface area contributed by atoms with Crippen LogP contribution >= 0.6 is 0 Å². The molecule has 17 heavy (non-hydrogen) atoms. The van der Waals surface area contributed by atoms with Crippen molar-refractivity contribution < 1.29 is 9.32 Å². The van der Waals surface area contributed by atoms with Gasteiger partial charge in [-0.1, -0.05) is 50.2 Å². The van der Waals surface area contributed by atoms with E-state index in [1.165, 1.54) is 0 Å². The van der Waals surface area contributed by atoms with Gasteiger partial charge in [-0.3, -0.25) is 4.79 Å². The molecule has 0 spiro atoms. The summed E-state index contributed by atoms with van der Waals surface area (Å²) < 4.78 is 5.21. The summed E-state index contributed by atoms with van der Waals surface area (Å²) in [5, 5.41) is 3.93. The predicted molar refractivity (Wildman–Crippen MR) is 63.8 cm³/mol. The molecule has 0 aliphatic rings. The van der Waals surface area contributed by atoms with E-state index in [1.54, 1.807) is 24.3 Å². The molecule has 4 heteroatoms. The maximum atomic E-state index is 10.5. The fraction of sp³-hybridized carbons (Fsp3) is 0.308. The monoisotopic (exact) mass is 230 g/mol. The third-order valence-electron chi connectivity index (χ3n) is 2.37. The standard InChI is InChI=1S/C13H14N2O2/c1-13(2,3)12-14-11(15-17-12)10-6-4-9(8-16)5-7-10/h4-8H,1-3H3. The molecule has 0 N–H and O–H groups in total. The van der Waals surface area contributed by atoms with Crippen molar-refractivity contribution in [2.75, 3.05) is 0 Å². The number of aldehydes is 1. The summed E-state index contributed by atoms with van der Waals surface area (Å²) >= 11 is 0. The lowest BCUT2D eigenvalue weighted by atomic mass is 9.97. The second-order valence-electron chi connectivity index (χ2n) is 4.91. The van der Waals surface area contributed by atoms with Crippen molar-refractivity contribution in [2.24, 2.45) is 0 Å². The number of rotatable bonds is 2. The molecule has 0 bridgehead atoms. The lowest BCUT2D eigenvalue weighted by Gasteiger charge is -2.10. The molecule has 0 radical (unpaired) electrons. The Morgan fingerprint density at radius 3 is 2.29 bits per heavy atom. The zero-order valence-electron chi connectivity index (χ0n) is 10.1. The Hall–Kier alpha value is -1.97. The highest BCUT2D eigenvalue weighted by Crippen LogP contribution is 2.23. The van der Waals surface area contributed by atoms with E-state index >= 15 is 0 Å². The van der Waals surface area contributed by atoms with Crippen LogP contribution in [0.3, 0.4) is 0 Å². The highest BCUT2D eigenvalue weighted by molar-refractivity contribution is 5.76. The highest BCUT2D eigenvalue weighted by atomic mass is 16.5. The van der Waals surface area contributed by atoms with Gasteiger partial charge in [-0.05, 0) is 0 Å². The van der Waals surface area contributed by atoms with Gasteiger partial charge in [-0.25, -0.2) is 0 Å². The molecule has 0 saturated carbocycles. The van der Waals surface area contributed by atoms with Crippen LogP contribution in [0.5, 0.6) is 0 Å². The van der Waals surface area contributed by atoms with Gasteiger partial charge in [-0.2, -0.15) is 4.98 Å². The molecule has 0 unspecified atom stereocenters. The van der Waals surface area contributed by atoms with Crippen LogP contribution in [0.4, 0.5) is 0 Å². The Morgan fingerprint density at radius 1 is 1.18 bits per heavy atom. The molecule has 0 atom stereocenters. The average Bonchev–Trinajstić information content (AvgIpc) is 2.78. The molecule has 1 aromatic heterocycles. The summed E-state index contributed by atoms with van der Waals surface area (Å²) in [5.41, 5.74) is 1.32. The van der Waals surface area contributed by atoms with Crippen LogP contribution < -0.4 is 0 Å². The number of nitrogens with zero attached hydrogens (tertiary/aromatic N) is 2. The van der Waals surface area contributed by atoms with Gasteiger partial charge >= 0.3 is 0 Å². The first kappa shape index (κ1) is 11.5. The zero-order valence-corrected chi connectivity index (χ0v) is 10.1. The van der Waals surface area contributed by atoms with E-state index < -0.39 is 0 Å². The number of hydrogen-bond acceptors (Lipinski definition) is 4. The molecule has 88 valence electrons. The van der Waals surface area contributed by atoms with Crippen molar-refractivity contribution in [2.45, 2.75) is 26.2 Å². The summed E-state index contributed by atoms with van der Waals surface area (Å²) in [5.74, 6) is 1.15. The van der Waals surface area contributed by atoms with Crippen molar-refractivity contribution in [3.05, 3.63) is 35.7 Å². The topological polar surface area (TPSA) is 56.0 Å². The fourth-order valence-electron chi connectivity index (χ4n) is 1.36. The summed E-state index contributed by atoms with van der Waals surface area (Å²) in [6.45, 7) is 6.04. The summed E-state index contributed by atoms with van der Waals surface area (Å²) in [6, 6.07) is 7.08. The molecule has 4 nitrogen and oxygen atoms in total. The minimum atomic E-state index is -0.159. The van der Waals surface area contributed by atoms with Crippen LogP contribution in [0.2, 0.25) is 0 Å². The van der Waals surface area contributed by atoms with Crippen LogP contribution in [0, 0.1) is 0 Å². The van der Waals surface area contributed by atoms with E-state index in [0.29, 0.717) is 17.3 Å². The van der Waals surface area contributed by atoms with Crippen molar-refractivity contribution in [1.82, 2.24) is 10.1 Å². The van der Waals surface area contributed by atoms with Crippen LogP contribution in [-0.4, -0.2) is 16.4 Å². The van der Waals surface area contributed by atoms with Crippen molar-refractivity contribution in [1.29, 1.82) is 0 Å². The van der Waals surface area contributed by atoms with Crippen LogP contribution in [0.1, 0.15) is 37.0 Å². The normalized spacial score (nSPS) is 11.5. The van der Waals surface area contributed by atoms with E-state index in [4.69, 9.17) is 4.52 Å². The van der Waals surface area contributed by atoms with E-state index in [1.807, 2.05) is 20.8 Å². The zero-order chi connectivity index (χ0) is 12.5. The Labute approximate surface area is 99.7 Å². The van der Waals surface area contributed by atoms with Gasteiger partial charge in [0, 0.05) is 16.5 Å². The molecular weight excluding hydrogens is 216 g/mol. The Balaban J connectivity index is 2.33. The number of carbonyl (C=O) groups excluding carboxylic acids is 1. The predicted octanol–water partition coefficient (Wildman–Crippen LogP) is 2.85. The minimum Gasteiger partial charge on any atom is -0.338 e. The number of aromatic nitrogens is 2. The van der Waals surface area contributed by atoms with Crippen molar-refractivity contribution in [3.8, 4) is 11.4 Å². The number of hydrogen-bond donors (Lipinski definition) is 0.